The number of nitrogens with one attached hydrogen (secondary N) is 1. The highest BCUT2D eigenvalue weighted by molar-refractivity contribution is 5.71. The fourth-order valence-corrected chi connectivity index (χ4v) is 3.12. The summed E-state index contributed by atoms with van der Waals surface area (Å²) in [5.41, 5.74) is 3.66. The van der Waals surface area contributed by atoms with Crippen molar-refractivity contribution in [3.63, 3.8) is 0 Å². The van der Waals surface area contributed by atoms with Gasteiger partial charge in [-0.15, -0.1) is 0 Å². The van der Waals surface area contributed by atoms with Crippen LogP contribution in [0.4, 0.5) is 5.69 Å². The predicted molar refractivity (Wildman–Crippen MR) is 98.5 cm³/mol. The number of imidazole rings is 1. The van der Waals surface area contributed by atoms with Gasteiger partial charge in [0.05, 0.1) is 38.3 Å². The number of nitrogens with zero attached hydrogens (tertiary/aromatic N) is 4. The largest absolute Gasteiger partial charge is 0.383 e. The Bertz CT molecular complexity index is 942. The standard InChI is InChI=1S/C18H21N5O3/c1-25-9-8-23-17-16(21-18(23)24)20-15(12-19-17)13-2-4-14(5-3-13)22-6-10-26-11-7-22/h2-5,12H,6-11H2,1H3,(H,20,21,24). The van der Waals surface area contributed by atoms with Crippen LogP contribution in [-0.2, 0) is 16.0 Å². The second-order valence-corrected chi connectivity index (χ2v) is 6.15. The van der Waals surface area contributed by atoms with Gasteiger partial charge in [-0.2, -0.15) is 0 Å². The molecule has 3 aromatic rings. The molecule has 0 amide bonds. The van der Waals surface area contributed by atoms with Crippen molar-refractivity contribution in [2.24, 2.45) is 0 Å². The number of aromatic nitrogens is 4. The average Bonchev–Trinajstić information content (AvgIpc) is 3.01. The molecule has 0 aliphatic carbocycles. The highest BCUT2D eigenvalue weighted by atomic mass is 16.5. The fourth-order valence-electron chi connectivity index (χ4n) is 3.12. The molecule has 1 saturated heterocycles. The number of morpholine rings is 1. The third-order valence-corrected chi connectivity index (χ3v) is 4.54. The number of fused-ring (bicyclic) bond motifs is 1. The topological polar surface area (TPSA) is 85.3 Å². The van der Waals surface area contributed by atoms with Gasteiger partial charge in [-0.25, -0.2) is 14.8 Å². The molecule has 1 N–H and O–H groups in total. The van der Waals surface area contributed by atoms with E-state index in [2.05, 4.69) is 32.0 Å². The molecule has 1 aliphatic rings. The van der Waals surface area contributed by atoms with Gasteiger partial charge in [0.2, 0.25) is 0 Å². The van der Waals surface area contributed by atoms with Crippen LogP contribution in [0.1, 0.15) is 0 Å². The molecule has 0 unspecified atom stereocenters. The number of H-pyrrole nitrogens is 1. The summed E-state index contributed by atoms with van der Waals surface area (Å²) >= 11 is 0. The molecule has 26 heavy (non-hydrogen) atoms. The van der Waals surface area contributed by atoms with Crippen molar-refractivity contribution in [1.82, 2.24) is 19.5 Å². The van der Waals surface area contributed by atoms with Gasteiger partial charge in [0, 0.05) is 31.5 Å². The number of ether oxygens (including phenoxy) is 2. The Kier molecular flexibility index (Phi) is 4.68. The van der Waals surface area contributed by atoms with E-state index in [0.29, 0.717) is 24.4 Å². The van der Waals surface area contributed by atoms with E-state index in [1.807, 2.05) is 12.1 Å². The molecule has 8 heteroatoms. The first kappa shape index (κ1) is 16.7. The molecule has 4 rings (SSSR count). The van der Waals surface area contributed by atoms with Crippen LogP contribution in [0.3, 0.4) is 0 Å². The highest BCUT2D eigenvalue weighted by Crippen LogP contribution is 2.23. The molecular weight excluding hydrogens is 334 g/mol. The van der Waals surface area contributed by atoms with E-state index < -0.39 is 0 Å². The lowest BCUT2D eigenvalue weighted by Crippen LogP contribution is -2.36. The van der Waals surface area contributed by atoms with E-state index in [4.69, 9.17) is 9.47 Å². The van der Waals surface area contributed by atoms with Gasteiger partial charge in [-0.05, 0) is 12.1 Å². The van der Waals surface area contributed by atoms with Crippen molar-refractivity contribution in [3.05, 3.63) is 40.9 Å². The summed E-state index contributed by atoms with van der Waals surface area (Å²) in [6.07, 6.45) is 1.70. The van der Waals surface area contributed by atoms with Crippen LogP contribution >= 0.6 is 0 Å². The maximum atomic E-state index is 12.1. The Morgan fingerprint density at radius 1 is 1.23 bits per heavy atom. The number of benzene rings is 1. The summed E-state index contributed by atoms with van der Waals surface area (Å²) in [6.45, 7) is 4.22. The molecule has 0 atom stereocenters. The van der Waals surface area contributed by atoms with Crippen molar-refractivity contribution in [2.45, 2.75) is 6.54 Å². The molecule has 3 heterocycles. The number of hydrogen-bond donors (Lipinski definition) is 1. The van der Waals surface area contributed by atoms with E-state index in [1.54, 1.807) is 13.3 Å². The molecule has 0 spiro atoms. The van der Waals surface area contributed by atoms with E-state index in [-0.39, 0.29) is 5.69 Å². The van der Waals surface area contributed by atoms with Gasteiger partial charge in [0.15, 0.2) is 11.3 Å². The van der Waals surface area contributed by atoms with E-state index >= 15 is 0 Å². The van der Waals surface area contributed by atoms with Crippen LogP contribution in [0.2, 0.25) is 0 Å². The molecule has 0 saturated carbocycles. The number of anilines is 1. The van der Waals surface area contributed by atoms with E-state index in [0.717, 1.165) is 37.6 Å². The summed E-state index contributed by atoms with van der Waals surface area (Å²) in [6, 6.07) is 8.22. The Labute approximate surface area is 150 Å². The van der Waals surface area contributed by atoms with Crippen LogP contribution in [0.25, 0.3) is 22.6 Å². The molecule has 136 valence electrons. The first-order valence-electron chi connectivity index (χ1n) is 8.64. The normalized spacial score (nSPS) is 14.9. The maximum Gasteiger partial charge on any atom is 0.328 e. The monoisotopic (exact) mass is 355 g/mol. The molecule has 1 aromatic carbocycles. The summed E-state index contributed by atoms with van der Waals surface area (Å²) in [5, 5.41) is 0. The van der Waals surface area contributed by atoms with E-state index in [9.17, 15) is 4.79 Å². The molecule has 1 fully saturated rings. The van der Waals surface area contributed by atoms with Crippen LogP contribution in [0.15, 0.2) is 35.3 Å². The summed E-state index contributed by atoms with van der Waals surface area (Å²) in [4.78, 5) is 26.1. The number of rotatable bonds is 5. The van der Waals surface area contributed by atoms with Crippen LogP contribution in [-0.4, -0.2) is 59.5 Å². The Morgan fingerprint density at radius 2 is 2.00 bits per heavy atom. The van der Waals surface area contributed by atoms with Gasteiger partial charge in [0.25, 0.3) is 0 Å². The quantitative estimate of drug-likeness (QED) is 0.742. The maximum absolute atomic E-state index is 12.1. The molecule has 8 nitrogen and oxygen atoms in total. The Hall–Kier alpha value is -2.71. The molecular formula is C18H21N5O3. The highest BCUT2D eigenvalue weighted by Gasteiger charge is 2.13. The summed E-state index contributed by atoms with van der Waals surface area (Å²) in [7, 11) is 1.60. The number of hydrogen-bond acceptors (Lipinski definition) is 6. The zero-order chi connectivity index (χ0) is 17.9. The minimum absolute atomic E-state index is 0.225. The van der Waals surface area contributed by atoms with Crippen molar-refractivity contribution in [1.29, 1.82) is 0 Å². The van der Waals surface area contributed by atoms with Gasteiger partial charge in [-0.1, -0.05) is 12.1 Å². The van der Waals surface area contributed by atoms with Crippen molar-refractivity contribution in [2.75, 3.05) is 44.9 Å². The van der Waals surface area contributed by atoms with Gasteiger partial charge < -0.3 is 14.4 Å². The molecule has 1 aliphatic heterocycles. The van der Waals surface area contributed by atoms with Crippen LogP contribution in [0, 0.1) is 0 Å². The fraction of sp³-hybridized carbons (Fsp3) is 0.389. The van der Waals surface area contributed by atoms with Crippen molar-refractivity contribution < 1.29 is 9.47 Å². The lowest BCUT2D eigenvalue weighted by Gasteiger charge is -2.28. The summed E-state index contributed by atoms with van der Waals surface area (Å²) < 4.78 is 12.0. The second kappa shape index (κ2) is 7.27. The summed E-state index contributed by atoms with van der Waals surface area (Å²) in [5.74, 6) is 0. The number of methoxy groups -OCH3 is 1. The SMILES string of the molecule is COCCn1c(=O)[nH]c2nc(-c3ccc(N4CCOCC4)cc3)cnc21. The van der Waals surface area contributed by atoms with Gasteiger partial charge >= 0.3 is 5.69 Å². The molecule has 0 radical (unpaired) electrons. The van der Waals surface area contributed by atoms with Crippen molar-refractivity contribution >= 4 is 17.0 Å². The predicted octanol–water partition coefficient (Wildman–Crippen LogP) is 1.27. The molecule has 2 aromatic heterocycles. The molecule has 0 bridgehead atoms. The van der Waals surface area contributed by atoms with E-state index in [1.165, 1.54) is 10.3 Å². The minimum atomic E-state index is -0.225. The van der Waals surface area contributed by atoms with Crippen molar-refractivity contribution in [3.8, 4) is 11.3 Å². The third-order valence-electron chi connectivity index (χ3n) is 4.54. The Morgan fingerprint density at radius 3 is 2.73 bits per heavy atom. The zero-order valence-electron chi connectivity index (χ0n) is 14.6. The Balaban J connectivity index is 1.61. The first-order valence-corrected chi connectivity index (χ1v) is 8.64. The van der Waals surface area contributed by atoms with Crippen LogP contribution < -0.4 is 10.6 Å². The zero-order valence-corrected chi connectivity index (χ0v) is 14.6. The van der Waals surface area contributed by atoms with Crippen LogP contribution in [0.5, 0.6) is 0 Å². The minimum Gasteiger partial charge on any atom is -0.383 e. The van der Waals surface area contributed by atoms with Gasteiger partial charge in [0.1, 0.15) is 0 Å². The lowest BCUT2D eigenvalue weighted by atomic mass is 10.1. The smallest absolute Gasteiger partial charge is 0.328 e. The number of aromatic amines is 1. The lowest BCUT2D eigenvalue weighted by molar-refractivity contribution is 0.122. The second-order valence-electron chi connectivity index (χ2n) is 6.15. The average molecular weight is 355 g/mol. The van der Waals surface area contributed by atoms with Gasteiger partial charge in [-0.3, -0.25) is 9.55 Å². The third kappa shape index (κ3) is 3.21. The first-order chi connectivity index (χ1) is 12.8.